The molecule has 0 aromatic heterocycles. The van der Waals surface area contributed by atoms with E-state index in [1.54, 1.807) is 6.26 Å². The SMILES string of the molecule is CSC1=NCC(C(F)(F)F)C(Cl)=N1. The van der Waals surface area contributed by atoms with Crippen molar-refractivity contribution in [3.63, 3.8) is 0 Å². The maximum Gasteiger partial charge on any atom is 0.399 e. The zero-order valence-electron chi connectivity index (χ0n) is 6.60. The minimum Gasteiger partial charge on any atom is -0.260 e. The van der Waals surface area contributed by atoms with Gasteiger partial charge in [0.05, 0.1) is 6.54 Å². The molecular weight excluding hydrogens is 225 g/mol. The zero-order valence-corrected chi connectivity index (χ0v) is 8.17. The lowest BCUT2D eigenvalue weighted by Gasteiger charge is -2.19. The maximum atomic E-state index is 12.2. The van der Waals surface area contributed by atoms with Crippen LogP contribution in [0.25, 0.3) is 0 Å². The molecule has 1 rings (SSSR count). The number of aliphatic imine (C=N–C) groups is 2. The smallest absolute Gasteiger partial charge is 0.260 e. The number of amidine groups is 1. The van der Waals surface area contributed by atoms with Crippen LogP contribution in [0.5, 0.6) is 0 Å². The summed E-state index contributed by atoms with van der Waals surface area (Å²) in [5.41, 5.74) is 0. The summed E-state index contributed by atoms with van der Waals surface area (Å²) < 4.78 is 36.5. The molecule has 0 radical (unpaired) electrons. The maximum absolute atomic E-state index is 12.2. The summed E-state index contributed by atoms with van der Waals surface area (Å²) in [5.74, 6) is -1.73. The van der Waals surface area contributed by atoms with E-state index in [0.717, 1.165) is 0 Å². The van der Waals surface area contributed by atoms with Crippen molar-refractivity contribution in [3.8, 4) is 0 Å². The van der Waals surface area contributed by atoms with Crippen molar-refractivity contribution in [3.05, 3.63) is 0 Å². The Kier molecular flexibility index (Phi) is 3.23. The lowest BCUT2D eigenvalue weighted by Crippen LogP contribution is -2.33. The Morgan fingerprint density at radius 3 is 2.54 bits per heavy atom. The predicted octanol–water partition coefficient (Wildman–Crippen LogP) is 2.53. The lowest BCUT2D eigenvalue weighted by molar-refractivity contribution is -0.152. The molecule has 7 heteroatoms. The summed E-state index contributed by atoms with van der Waals surface area (Å²) in [4.78, 5) is 7.16. The van der Waals surface area contributed by atoms with Gasteiger partial charge in [-0.1, -0.05) is 23.4 Å². The number of hydrogen-bond acceptors (Lipinski definition) is 3. The molecule has 1 atom stereocenters. The second-order valence-corrected chi connectivity index (χ2v) is 3.52. The van der Waals surface area contributed by atoms with Crippen molar-refractivity contribution in [2.45, 2.75) is 6.18 Å². The molecule has 74 valence electrons. The molecule has 0 aliphatic carbocycles. The quantitative estimate of drug-likeness (QED) is 0.628. The van der Waals surface area contributed by atoms with Crippen LogP contribution in [0.4, 0.5) is 13.2 Å². The van der Waals surface area contributed by atoms with Gasteiger partial charge >= 0.3 is 6.18 Å². The van der Waals surface area contributed by atoms with Gasteiger partial charge in [-0.15, -0.1) is 0 Å². The third-order valence-corrected chi connectivity index (χ3v) is 2.41. The highest BCUT2D eigenvalue weighted by atomic mass is 35.5. The minimum atomic E-state index is -4.35. The Morgan fingerprint density at radius 2 is 2.15 bits per heavy atom. The van der Waals surface area contributed by atoms with E-state index in [2.05, 4.69) is 9.98 Å². The molecule has 0 aromatic rings. The fourth-order valence-corrected chi connectivity index (χ4v) is 1.51. The number of hydrogen-bond donors (Lipinski definition) is 0. The molecular formula is C6H6ClF3N2S. The van der Waals surface area contributed by atoms with Crippen LogP contribution in [0.1, 0.15) is 0 Å². The Labute approximate surface area is 82.3 Å². The number of halogens is 4. The molecule has 0 fully saturated rings. The number of nitrogens with zero attached hydrogens (tertiary/aromatic N) is 2. The average molecular weight is 231 g/mol. The van der Waals surface area contributed by atoms with E-state index >= 15 is 0 Å². The van der Waals surface area contributed by atoms with E-state index in [1.807, 2.05) is 0 Å². The highest BCUT2D eigenvalue weighted by Crippen LogP contribution is 2.31. The summed E-state index contributed by atoms with van der Waals surface area (Å²) in [6, 6.07) is 0. The molecule has 0 aromatic carbocycles. The molecule has 0 N–H and O–H groups in total. The highest BCUT2D eigenvalue weighted by Gasteiger charge is 2.43. The molecule has 0 spiro atoms. The van der Waals surface area contributed by atoms with Gasteiger partial charge in [0.25, 0.3) is 0 Å². The van der Waals surface area contributed by atoms with E-state index in [9.17, 15) is 13.2 Å². The van der Waals surface area contributed by atoms with Crippen molar-refractivity contribution in [2.24, 2.45) is 15.9 Å². The summed E-state index contributed by atoms with van der Waals surface area (Å²) in [6.45, 7) is -0.359. The Hall–Kier alpha value is -0.230. The summed E-state index contributed by atoms with van der Waals surface area (Å²) in [5, 5.41) is -0.127. The topological polar surface area (TPSA) is 24.7 Å². The van der Waals surface area contributed by atoms with Crippen molar-refractivity contribution in [2.75, 3.05) is 12.8 Å². The first-order valence-electron chi connectivity index (χ1n) is 3.34. The van der Waals surface area contributed by atoms with Gasteiger partial charge in [-0.25, -0.2) is 4.99 Å². The van der Waals surface area contributed by atoms with Crippen LogP contribution < -0.4 is 0 Å². The van der Waals surface area contributed by atoms with E-state index in [1.165, 1.54) is 11.8 Å². The summed E-state index contributed by atoms with van der Waals surface area (Å²) in [6.07, 6.45) is -2.67. The molecule has 2 nitrogen and oxygen atoms in total. The van der Waals surface area contributed by atoms with Gasteiger partial charge in [0.2, 0.25) is 0 Å². The Bertz CT molecular complexity index is 261. The summed E-state index contributed by atoms with van der Waals surface area (Å²) >= 11 is 6.55. The number of thioether (sulfide) groups is 1. The minimum absolute atomic E-state index is 0.297. The number of alkyl halides is 3. The van der Waals surface area contributed by atoms with Crippen LogP contribution in [0.3, 0.4) is 0 Å². The largest absolute Gasteiger partial charge is 0.399 e. The van der Waals surface area contributed by atoms with Crippen LogP contribution in [0.15, 0.2) is 9.98 Å². The van der Waals surface area contributed by atoms with Gasteiger partial charge in [0, 0.05) is 0 Å². The first-order valence-corrected chi connectivity index (χ1v) is 4.94. The second-order valence-electron chi connectivity index (χ2n) is 2.36. The first kappa shape index (κ1) is 10.8. The molecule has 1 heterocycles. The number of rotatable bonds is 0. The first-order chi connectivity index (χ1) is 5.95. The van der Waals surface area contributed by atoms with Gasteiger partial charge < -0.3 is 0 Å². The molecule has 0 amide bonds. The highest BCUT2D eigenvalue weighted by molar-refractivity contribution is 8.13. The van der Waals surface area contributed by atoms with Gasteiger partial charge in [-0.3, -0.25) is 4.99 Å². The summed E-state index contributed by atoms with van der Waals surface area (Å²) in [7, 11) is 0. The predicted molar refractivity (Wildman–Crippen MR) is 48.7 cm³/mol. The van der Waals surface area contributed by atoms with Gasteiger partial charge in [0.15, 0.2) is 5.17 Å². The molecule has 13 heavy (non-hydrogen) atoms. The molecule has 0 saturated heterocycles. The van der Waals surface area contributed by atoms with E-state index in [-0.39, 0.29) is 6.54 Å². The standard InChI is InChI=1S/C6H6ClF3N2S/c1-13-5-11-2-3(4(7)12-5)6(8,9)10/h3H,2H2,1H3. The van der Waals surface area contributed by atoms with Crippen molar-refractivity contribution < 1.29 is 13.2 Å². The van der Waals surface area contributed by atoms with Crippen molar-refractivity contribution >= 4 is 33.7 Å². The van der Waals surface area contributed by atoms with E-state index < -0.39 is 17.3 Å². The Balaban J connectivity index is 2.79. The molecule has 1 aliphatic rings. The van der Waals surface area contributed by atoms with Gasteiger partial charge in [0.1, 0.15) is 11.1 Å². The van der Waals surface area contributed by atoms with Crippen molar-refractivity contribution in [1.82, 2.24) is 0 Å². The Morgan fingerprint density at radius 1 is 1.54 bits per heavy atom. The van der Waals surface area contributed by atoms with Crippen LogP contribution in [0, 0.1) is 5.92 Å². The third kappa shape index (κ3) is 2.60. The fourth-order valence-electron chi connectivity index (χ4n) is 0.798. The van der Waals surface area contributed by atoms with E-state index in [4.69, 9.17) is 11.6 Å². The normalized spacial score (nSPS) is 23.9. The van der Waals surface area contributed by atoms with E-state index in [0.29, 0.717) is 5.17 Å². The van der Waals surface area contributed by atoms with Gasteiger partial charge in [-0.2, -0.15) is 13.2 Å². The van der Waals surface area contributed by atoms with Crippen LogP contribution in [-0.4, -0.2) is 29.3 Å². The van der Waals surface area contributed by atoms with Crippen LogP contribution >= 0.6 is 23.4 Å². The molecule has 0 bridgehead atoms. The van der Waals surface area contributed by atoms with Crippen LogP contribution in [0.2, 0.25) is 0 Å². The monoisotopic (exact) mass is 230 g/mol. The molecule has 1 aliphatic heterocycles. The molecule has 1 unspecified atom stereocenters. The second kappa shape index (κ2) is 3.88. The van der Waals surface area contributed by atoms with Gasteiger partial charge in [-0.05, 0) is 6.26 Å². The lowest BCUT2D eigenvalue weighted by atomic mass is 10.1. The zero-order chi connectivity index (χ0) is 10.1. The van der Waals surface area contributed by atoms with Crippen LogP contribution in [-0.2, 0) is 0 Å². The van der Waals surface area contributed by atoms with Crippen molar-refractivity contribution in [1.29, 1.82) is 0 Å². The molecule has 0 saturated carbocycles. The fraction of sp³-hybridized carbons (Fsp3) is 0.667. The average Bonchev–Trinajstić information content (AvgIpc) is 2.01. The third-order valence-electron chi connectivity index (χ3n) is 1.48.